The highest BCUT2D eigenvalue weighted by molar-refractivity contribution is 5.70. The summed E-state index contributed by atoms with van der Waals surface area (Å²) < 4.78 is 19.4. The van der Waals surface area contributed by atoms with Gasteiger partial charge in [0.25, 0.3) is 0 Å². The lowest BCUT2D eigenvalue weighted by Gasteiger charge is -2.12. The van der Waals surface area contributed by atoms with Gasteiger partial charge in [-0.3, -0.25) is 0 Å². The second-order valence-corrected chi connectivity index (χ2v) is 6.71. The van der Waals surface area contributed by atoms with Gasteiger partial charge in [0.1, 0.15) is 11.6 Å². The summed E-state index contributed by atoms with van der Waals surface area (Å²) in [5.41, 5.74) is 4.27. The van der Waals surface area contributed by atoms with Crippen molar-refractivity contribution in [3.63, 3.8) is 0 Å². The number of benzene rings is 3. The molecule has 0 aromatic heterocycles. The molecule has 0 radical (unpaired) electrons. The lowest BCUT2D eigenvalue weighted by Crippen LogP contribution is -1.98. The summed E-state index contributed by atoms with van der Waals surface area (Å²) in [6, 6.07) is 24.0. The molecule has 3 aromatic rings. The summed E-state index contributed by atoms with van der Waals surface area (Å²) in [4.78, 5) is 0. The number of rotatable bonds is 7. The SMILES string of the molecule is CCOc1ccc(/C=C/c2ccc(CC(C)c3ccccc3)cc2)c(F)c1. The fourth-order valence-corrected chi connectivity index (χ4v) is 3.10. The predicted molar refractivity (Wildman–Crippen MR) is 112 cm³/mol. The molecule has 1 atom stereocenters. The van der Waals surface area contributed by atoms with Gasteiger partial charge in [0.05, 0.1) is 6.61 Å². The van der Waals surface area contributed by atoms with E-state index in [1.807, 2.05) is 19.1 Å². The van der Waals surface area contributed by atoms with Gasteiger partial charge in [-0.1, -0.05) is 73.7 Å². The second-order valence-electron chi connectivity index (χ2n) is 6.71. The highest BCUT2D eigenvalue weighted by atomic mass is 19.1. The van der Waals surface area contributed by atoms with Crippen LogP contribution in [0.5, 0.6) is 5.75 Å². The van der Waals surface area contributed by atoms with Gasteiger partial charge in [0.2, 0.25) is 0 Å². The average molecular weight is 360 g/mol. The Morgan fingerprint density at radius 2 is 1.67 bits per heavy atom. The molecule has 3 rings (SSSR count). The summed E-state index contributed by atoms with van der Waals surface area (Å²) in [5, 5.41) is 0. The maximum Gasteiger partial charge on any atom is 0.134 e. The summed E-state index contributed by atoms with van der Waals surface area (Å²) >= 11 is 0. The molecular weight excluding hydrogens is 335 g/mol. The molecule has 0 heterocycles. The van der Waals surface area contributed by atoms with E-state index in [1.54, 1.807) is 18.2 Å². The van der Waals surface area contributed by atoms with E-state index in [2.05, 4.69) is 55.5 Å². The molecule has 3 aromatic carbocycles. The normalized spacial score (nSPS) is 12.3. The fourth-order valence-electron chi connectivity index (χ4n) is 3.10. The van der Waals surface area contributed by atoms with E-state index in [0.717, 1.165) is 12.0 Å². The van der Waals surface area contributed by atoms with Crippen molar-refractivity contribution in [1.82, 2.24) is 0 Å². The third-order valence-electron chi connectivity index (χ3n) is 4.63. The van der Waals surface area contributed by atoms with Gasteiger partial charge < -0.3 is 4.74 Å². The Bertz CT molecular complexity index is 882. The zero-order valence-corrected chi connectivity index (χ0v) is 15.9. The third kappa shape index (κ3) is 5.30. The van der Waals surface area contributed by atoms with Crippen LogP contribution in [-0.2, 0) is 6.42 Å². The van der Waals surface area contributed by atoms with Crippen LogP contribution in [-0.4, -0.2) is 6.61 Å². The molecule has 0 aliphatic heterocycles. The summed E-state index contributed by atoms with van der Waals surface area (Å²) in [5.74, 6) is 0.764. The molecule has 0 spiro atoms. The standard InChI is InChI=1S/C25H25FO/c1-3-27-24-16-15-23(25(26)18-24)14-13-20-9-11-21(12-10-20)17-19(2)22-7-5-4-6-8-22/h4-16,18-19H,3,17H2,1-2H3/b14-13+. The van der Waals surface area contributed by atoms with Gasteiger partial charge in [0.15, 0.2) is 0 Å². The van der Waals surface area contributed by atoms with Gasteiger partial charge >= 0.3 is 0 Å². The van der Waals surface area contributed by atoms with Crippen molar-refractivity contribution in [1.29, 1.82) is 0 Å². The molecule has 0 saturated heterocycles. The first kappa shape index (κ1) is 18.9. The molecular formula is C25H25FO. The smallest absolute Gasteiger partial charge is 0.134 e. The molecule has 0 fully saturated rings. The van der Waals surface area contributed by atoms with Gasteiger partial charge in [-0.05, 0) is 48.1 Å². The predicted octanol–water partition coefficient (Wildman–Crippen LogP) is 6.74. The van der Waals surface area contributed by atoms with E-state index < -0.39 is 0 Å². The van der Waals surface area contributed by atoms with Gasteiger partial charge in [-0.25, -0.2) is 4.39 Å². The first-order valence-corrected chi connectivity index (χ1v) is 9.40. The molecule has 0 N–H and O–H groups in total. The van der Waals surface area contributed by atoms with Crippen LogP contribution < -0.4 is 4.74 Å². The molecule has 0 saturated carbocycles. The Kier molecular flexibility index (Phi) is 6.43. The van der Waals surface area contributed by atoms with Gasteiger partial charge in [0, 0.05) is 11.6 Å². The minimum absolute atomic E-state index is 0.273. The maximum absolute atomic E-state index is 14.1. The van der Waals surface area contributed by atoms with E-state index in [-0.39, 0.29) is 5.82 Å². The van der Waals surface area contributed by atoms with Crippen LogP contribution in [0.4, 0.5) is 4.39 Å². The molecule has 1 nitrogen and oxygen atoms in total. The quantitative estimate of drug-likeness (QED) is 0.424. The number of hydrogen-bond donors (Lipinski definition) is 0. The van der Waals surface area contributed by atoms with Gasteiger partial charge in [-0.2, -0.15) is 0 Å². The summed E-state index contributed by atoms with van der Waals surface area (Å²) in [6.45, 7) is 4.66. The first-order chi connectivity index (χ1) is 13.2. The van der Waals surface area contributed by atoms with Crippen molar-refractivity contribution in [3.8, 4) is 5.75 Å². The molecule has 0 aliphatic rings. The van der Waals surface area contributed by atoms with E-state index in [1.165, 1.54) is 17.2 Å². The van der Waals surface area contributed by atoms with Crippen LogP contribution in [0.25, 0.3) is 12.2 Å². The van der Waals surface area contributed by atoms with Crippen molar-refractivity contribution in [2.45, 2.75) is 26.2 Å². The number of ether oxygens (including phenoxy) is 1. The molecule has 0 aliphatic carbocycles. The number of hydrogen-bond acceptors (Lipinski definition) is 1. The second kappa shape index (κ2) is 9.18. The lowest BCUT2D eigenvalue weighted by molar-refractivity contribution is 0.338. The first-order valence-electron chi connectivity index (χ1n) is 9.40. The largest absolute Gasteiger partial charge is 0.494 e. The molecule has 138 valence electrons. The summed E-state index contributed by atoms with van der Waals surface area (Å²) in [7, 11) is 0. The Hall–Kier alpha value is -2.87. The van der Waals surface area contributed by atoms with Crippen molar-refractivity contribution < 1.29 is 9.13 Å². The molecule has 1 unspecified atom stereocenters. The monoisotopic (exact) mass is 360 g/mol. The minimum atomic E-state index is -0.273. The fraction of sp³-hybridized carbons (Fsp3) is 0.200. The summed E-state index contributed by atoms with van der Waals surface area (Å²) in [6.07, 6.45) is 4.73. The van der Waals surface area contributed by atoms with Crippen LogP contribution in [0.2, 0.25) is 0 Å². The van der Waals surface area contributed by atoms with Crippen LogP contribution in [0.1, 0.15) is 42.0 Å². The highest BCUT2D eigenvalue weighted by Gasteiger charge is 2.06. The van der Waals surface area contributed by atoms with Crippen LogP contribution >= 0.6 is 0 Å². The van der Waals surface area contributed by atoms with E-state index >= 15 is 0 Å². The molecule has 0 bridgehead atoms. The van der Waals surface area contributed by atoms with Crippen molar-refractivity contribution in [2.24, 2.45) is 0 Å². The minimum Gasteiger partial charge on any atom is -0.494 e. The number of halogens is 1. The van der Waals surface area contributed by atoms with Crippen molar-refractivity contribution in [3.05, 3.63) is 101 Å². The van der Waals surface area contributed by atoms with Crippen molar-refractivity contribution >= 4 is 12.2 Å². The van der Waals surface area contributed by atoms with Gasteiger partial charge in [-0.15, -0.1) is 0 Å². The van der Waals surface area contributed by atoms with E-state index in [4.69, 9.17) is 4.74 Å². The van der Waals surface area contributed by atoms with E-state index in [9.17, 15) is 4.39 Å². The lowest BCUT2D eigenvalue weighted by atomic mass is 9.93. The average Bonchev–Trinajstić information content (AvgIpc) is 2.69. The third-order valence-corrected chi connectivity index (χ3v) is 4.63. The zero-order valence-electron chi connectivity index (χ0n) is 15.9. The Balaban J connectivity index is 1.64. The molecule has 2 heteroatoms. The zero-order chi connectivity index (χ0) is 19.1. The topological polar surface area (TPSA) is 9.23 Å². The van der Waals surface area contributed by atoms with Crippen molar-refractivity contribution in [2.75, 3.05) is 6.61 Å². The Morgan fingerprint density at radius 1 is 0.926 bits per heavy atom. The maximum atomic E-state index is 14.1. The molecule has 27 heavy (non-hydrogen) atoms. The molecule has 0 amide bonds. The Morgan fingerprint density at radius 3 is 2.33 bits per heavy atom. The van der Waals surface area contributed by atoms with E-state index in [0.29, 0.717) is 23.8 Å². The van der Waals surface area contributed by atoms with Crippen LogP contribution in [0.15, 0.2) is 72.8 Å². The van der Waals surface area contributed by atoms with Crippen LogP contribution in [0, 0.1) is 5.82 Å². The van der Waals surface area contributed by atoms with Crippen LogP contribution in [0.3, 0.4) is 0 Å². The highest BCUT2D eigenvalue weighted by Crippen LogP contribution is 2.22. The Labute approximate surface area is 161 Å².